The zero-order valence-electron chi connectivity index (χ0n) is 13.9. The molecule has 5 nitrogen and oxygen atoms in total. The van der Waals surface area contributed by atoms with Crippen molar-refractivity contribution in [2.24, 2.45) is 0 Å². The Kier molecular flexibility index (Phi) is 5.91. The van der Waals surface area contributed by atoms with Crippen LogP contribution in [0.3, 0.4) is 0 Å². The van der Waals surface area contributed by atoms with Crippen molar-refractivity contribution in [1.29, 1.82) is 0 Å². The highest BCUT2D eigenvalue weighted by molar-refractivity contribution is 7.09. The maximum atomic E-state index is 12.5. The fourth-order valence-corrected chi connectivity index (χ4v) is 4.08. The number of carbonyl (C=O) groups is 1. The maximum absolute atomic E-state index is 12.5. The predicted molar refractivity (Wildman–Crippen MR) is 92.8 cm³/mol. The van der Waals surface area contributed by atoms with E-state index in [-0.39, 0.29) is 18.2 Å². The maximum Gasteiger partial charge on any atom is 0.317 e. The Morgan fingerprint density at radius 2 is 2.30 bits per heavy atom. The summed E-state index contributed by atoms with van der Waals surface area (Å²) < 4.78 is 5.66. The van der Waals surface area contributed by atoms with Crippen molar-refractivity contribution in [3.63, 3.8) is 0 Å². The molecule has 6 heteroatoms. The number of amides is 2. The van der Waals surface area contributed by atoms with Gasteiger partial charge in [-0.3, -0.25) is 4.90 Å². The van der Waals surface area contributed by atoms with Crippen LogP contribution in [0.2, 0.25) is 0 Å². The van der Waals surface area contributed by atoms with Gasteiger partial charge in [-0.15, -0.1) is 11.3 Å². The van der Waals surface area contributed by atoms with Gasteiger partial charge in [0.2, 0.25) is 0 Å². The molecule has 0 radical (unpaired) electrons. The van der Waals surface area contributed by atoms with E-state index in [1.54, 1.807) is 11.3 Å². The number of carbonyl (C=O) groups excluding carboxylic acids is 1. The highest BCUT2D eigenvalue weighted by atomic mass is 32.1. The number of nitrogens with zero attached hydrogens (tertiary/aromatic N) is 2. The van der Waals surface area contributed by atoms with E-state index in [2.05, 4.69) is 34.7 Å². The van der Waals surface area contributed by atoms with Gasteiger partial charge in [-0.1, -0.05) is 6.07 Å². The first-order valence-corrected chi connectivity index (χ1v) is 9.52. The molecule has 0 unspecified atom stereocenters. The molecule has 0 aromatic carbocycles. The fraction of sp³-hybridized carbons (Fsp3) is 0.706. The van der Waals surface area contributed by atoms with Gasteiger partial charge in [-0.25, -0.2) is 4.79 Å². The Bertz CT molecular complexity index is 488. The average Bonchev–Trinajstić information content (AvgIpc) is 3.19. The molecule has 0 spiro atoms. The topological polar surface area (TPSA) is 44.8 Å². The second kappa shape index (κ2) is 8.13. The number of urea groups is 1. The smallest absolute Gasteiger partial charge is 0.317 e. The van der Waals surface area contributed by atoms with Crippen molar-refractivity contribution < 1.29 is 9.53 Å². The van der Waals surface area contributed by atoms with Crippen LogP contribution in [0.5, 0.6) is 0 Å². The van der Waals surface area contributed by atoms with Crippen LogP contribution in [0.4, 0.5) is 4.79 Å². The lowest BCUT2D eigenvalue weighted by Crippen LogP contribution is -2.48. The Morgan fingerprint density at radius 3 is 3.04 bits per heavy atom. The average molecular weight is 337 g/mol. The Hall–Kier alpha value is -1.11. The second-order valence-corrected chi connectivity index (χ2v) is 7.52. The van der Waals surface area contributed by atoms with Crippen LogP contribution in [0.15, 0.2) is 17.5 Å². The second-order valence-electron chi connectivity index (χ2n) is 6.49. The lowest BCUT2D eigenvalue weighted by atomic mass is 10.1. The van der Waals surface area contributed by atoms with E-state index in [1.165, 1.54) is 4.88 Å². The molecule has 3 rings (SSSR count). The minimum atomic E-state index is 0.0611. The molecule has 0 aliphatic carbocycles. The van der Waals surface area contributed by atoms with Gasteiger partial charge < -0.3 is 15.0 Å². The van der Waals surface area contributed by atoms with Crippen LogP contribution in [0.25, 0.3) is 0 Å². The van der Waals surface area contributed by atoms with E-state index in [4.69, 9.17) is 4.74 Å². The van der Waals surface area contributed by atoms with Gasteiger partial charge in [0.25, 0.3) is 0 Å². The van der Waals surface area contributed by atoms with Crippen molar-refractivity contribution in [2.75, 3.05) is 32.8 Å². The molecule has 2 aliphatic heterocycles. The molecule has 1 aromatic heterocycles. The first kappa shape index (κ1) is 16.7. The SMILES string of the molecule is C[C@H](NC(=O)N1CCCN(Cc2cccs2)CC1)[C@H]1CCCO1. The van der Waals surface area contributed by atoms with Gasteiger partial charge in [0.05, 0.1) is 12.1 Å². The quantitative estimate of drug-likeness (QED) is 0.918. The Morgan fingerprint density at radius 1 is 1.39 bits per heavy atom. The first-order chi connectivity index (χ1) is 11.2. The lowest BCUT2D eigenvalue weighted by molar-refractivity contribution is 0.0834. The molecule has 2 saturated heterocycles. The molecular weight excluding hydrogens is 310 g/mol. The van der Waals surface area contributed by atoms with Crippen LogP contribution in [-0.4, -0.2) is 60.8 Å². The molecule has 1 N–H and O–H groups in total. The van der Waals surface area contributed by atoms with Crippen LogP contribution in [-0.2, 0) is 11.3 Å². The number of thiophene rings is 1. The van der Waals surface area contributed by atoms with E-state index < -0.39 is 0 Å². The number of nitrogens with one attached hydrogen (secondary N) is 1. The molecule has 3 heterocycles. The molecule has 128 valence electrons. The minimum Gasteiger partial charge on any atom is -0.376 e. The van der Waals surface area contributed by atoms with Crippen LogP contribution in [0, 0.1) is 0 Å². The van der Waals surface area contributed by atoms with Gasteiger partial charge in [-0.05, 0) is 37.6 Å². The Labute approximate surface area is 142 Å². The highest BCUT2D eigenvalue weighted by Crippen LogP contribution is 2.16. The third-order valence-electron chi connectivity index (χ3n) is 4.71. The molecule has 23 heavy (non-hydrogen) atoms. The van der Waals surface area contributed by atoms with Crippen molar-refractivity contribution in [1.82, 2.24) is 15.1 Å². The van der Waals surface area contributed by atoms with Gasteiger partial charge in [0.15, 0.2) is 0 Å². The lowest BCUT2D eigenvalue weighted by Gasteiger charge is -2.26. The van der Waals surface area contributed by atoms with Crippen LogP contribution < -0.4 is 5.32 Å². The summed E-state index contributed by atoms with van der Waals surface area (Å²) >= 11 is 1.80. The summed E-state index contributed by atoms with van der Waals surface area (Å²) in [4.78, 5) is 18.3. The van der Waals surface area contributed by atoms with Crippen molar-refractivity contribution in [3.05, 3.63) is 22.4 Å². The van der Waals surface area contributed by atoms with E-state index in [0.717, 1.165) is 58.6 Å². The molecule has 0 bridgehead atoms. The van der Waals surface area contributed by atoms with Gasteiger partial charge in [0, 0.05) is 44.2 Å². The summed E-state index contributed by atoms with van der Waals surface area (Å²) in [6.45, 7) is 7.52. The number of hydrogen-bond acceptors (Lipinski definition) is 4. The zero-order chi connectivity index (χ0) is 16.1. The van der Waals surface area contributed by atoms with Crippen molar-refractivity contribution in [2.45, 2.75) is 44.9 Å². The van der Waals surface area contributed by atoms with Gasteiger partial charge in [0.1, 0.15) is 0 Å². The normalized spacial score (nSPS) is 24.4. The highest BCUT2D eigenvalue weighted by Gasteiger charge is 2.26. The number of ether oxygens (including phenoxy) is 1. The standard InChI is InChI=1S/C17H27N3O2S/c1-14(16-6-2-11-22-16)18-17(21)20-8-4-7-19(9-10-20)13-15-5-3-12-23-15/h3,5,12,14,16H,2,4,6-11,13H2,1H3,(H,18,21)/t14-,16+/m0/s1. The molecule has 2 aliphatic rings. The number of rotatable bonds is 4. The van der Waals surface area contributed by atoms with E-state index >= 15 is 0 Å². The molecule has 2 fully saturated rings. The third-order valence-corrected chi connectivity index (χ3v) is 5.57. The summed E-state index contributed by atoms with van der Waals surface area (Å²) in [5.41, 5.74) is 0. The van der Waals surface area contributed by atoms with E-state index in [1.807, 2.05) is 4.90 Å². The summed E-state index contributed by atoms with van der Waals surface area (Å²) in [6, 6.07) is 4.44. The fourth-order valence-electron chi connectivity index (χ4n) is 3.33. The molecular formula is C17H27N3O2S. The predicted octanol–water partition coefficient (Wildman–Crippen LogP) is 2.53. The third kappa shape index (κ3) is 4.68. The molecule has 2 atom stereocenters. The largest absolute Gasteiger partial charge is 0.376 e. The molecule has 0 saturated carbocycles. The van der Waals surface area contributed by atoms with E-state index in [0.29, 0.717) is 0 Å². The summed E-state index contributed by atoms with van der Waals surface area (Å²) in [6.07, 6.45) is 3.37. The van der Waals surface area contributed by atoms with Gasteiger partial charge >= 0.3 is 6.03 Å². The van der Waals surface area contributed by atoms with Crippen molar-refractivity contribution >= 4 is 17.4 Å². The monoisotopic (exact) mass is 337 g/mol. The summed E-state index contributed by atoms with van der Waals surface area (Å²) in [5.74, 6) is 0. The number of hydrogen-bond donors (Lipinski definition) is 1. The van der Waals surface area contributed by atoms with Crippen LogP contribution >= 0.6 is 11.3 Å². The minimum absolute atomic E-state index is 0.0611. The summed E-state index contributed by atoms with van der Waals surface area (Å²) in [7, 11) is 0. The zero-order valence-corrected chi connectivity index (χ0v) is 14.7. The summed E-state index contributed by atoms with van der Waals surface area (Å²) in [5, 5.41) is 5.25. The van der Waals surface area contributed by atoms with Crippen LogP contribution in [0.1, 0.15) is 31.1 Å². The Balaban J connectivity index is 1.46. The van der Waals surface area contributed by atoms with Gasteiger partial charge in [-0.2, -0.15) is 0 Å². The molecule has 1 aromatic rings. The van der Waals surface area contributed by atoms with E-state index in [9.17, 15) is 4.79 Å². The molecule has 2 amide bonds. The van der Waals surface area contributed by atoms with Crippen molar-refractivity contribution in [3.8, 4) is 0 Å². The first-order valence-electron chi connectivity index (χ1n) is 8.64.